The van der Waals surface area contributed by atoms with Gasteiger partial charge in [-0.3, -0.25) is 14.6 Å². The van der Waals surface area contributed by atoms with E-state index in [4.69, 9.17) is 5.11 Å². The molecule has 0 spiro atoms. The molecule has 1 fully saturated rings. The monoisotopic (exact) mass is 330 g/mol. The van der Waals surface area contributed by atoms with Crippen molar-refractivity contribution in [3.05, 3.63) is 34.1 Å². The van der Waals surface area contributed by atoms with E-state index in [1.165, 1.54) is 12.1 Å². The van der Waals surface area contributed by atoms with Crippen molar-refractivity contribution in [2.45, 2.75) is 6.54 Å². The summed E-state index contributed by atoms with van der Waals surface area (Å²) in [4.78, 5) is 14.7. The van der Waals surface area contributed by atoms with Crippen molar-refractivity contribution in [3.8, 4) is 0 Å². The molecule has 2 rings (SSSR count). The van der Waals surface area contributed by atoms with Gasteiger partial charge >= 0.3 is 5.97 Å². The maximum absolute atomic E-state index is 13.2. The fraction of sp³-hybridized carbons (Fsp3) is 0.462. The van der Waals surface area contributed by atoms with Gasteiger partial charge in [0, 0.05) is 37.2 Å². The standard InChI is InChI=1S/C13H16BrFN2O2/c14-12-2-1-11(15)7-10(12)8-16-3-5-17(6-4-16)9-13(18)19/h1-2,7H,3-6,8-9H2,(H,18,19). The number of aliphatic carboxylic acids is 1. The molecule has 0 atom stereocenters. The Hall–Kier alpha value is -0.980. The highest BCUT2D eigenvalue weighted by Gasteiger charge is 2.19. The van der Waals surface area contributed by atoms with Gasteiger partial charge in [0.1, 0.15) is 5.82 Å². The number of rotatable bonds is 4. The maximum atomic E-state index is 13.2. The molecular weight excluding hydrogens is 315 g/mol. The lowest BCUT2D eigenvalue weighted by molar-refractivity contribution is -0.138. The Kier molecular flexibility index (Phi) is 4.90. The summed E-state index contributed by atoms with van der Waals surface area (Å²) in [5, 5.41) is 8.73. The third-order valence-corrected chi connectivity index (χ3v) is 4.00. The van der Waals surface area contributed by atoms with Crippen LogP contribution in [0.25, 0.3) is 0 Å². The number of hydrogen-bond donors (Lipinski definition) is 1. The Bertz CT molecular complexity index is 462. The van der Waals surface area contributed by atoms with Crippen molar-refractivity contribution in [1.29, 1.82) is 0 Å². The van der Waals surface area contributed by atoms with Gasteiger partial charge in [-0.05, 0) is 23.8 Å². The first-order chi connectivity index (χ1) is 9.04. The van der Waals surface area contributed by atoms with Gasteiger partial charge in [-0.1, -0.05) is 15.9 Å². The van der Waals surface area contributed by atoms with Crippen LogP contribution in [0, 0.1) is 5.82 Å². The fourth-order valence-corrected chi connectivity index (χ4v) is 2.57. The van der Waals surface area contributed by atoms with E-state index >= 15 is 0 Å². The van der Waals surface area contributed by atoms with Gasteiger partial charge in [0.25, 0.3) is 0 Å². The lowest BCUT2D eigenvalue weighted by atomic mass is 10.2. The summed E-state index contributed by atoms with van der Waals surface area (Å²) in [5.74, 6) is -1.02. The smallest absolute Gasteiger partial charge is 0.317 e. The third-order valence-electron chi connectivity index (χ3n) is 3.23. The van der Waals surface area contributed by atoms with Crippen LogP contribution in [0.3, 0.4) is 0 Å². The summed E-state index contributed by atoms with van der Waals surface area (Å²) < 4.78 is 14.1. The zero-order valence-corrected chi connectivity index (χ0v) is 12.1. The quantitative estimate of drug-likeness (QED) is 0.914. The summed E-state index contributed by atoms with van der Waals surface area (Å²) in [7, 11) is 0. The molecule has 1 N–H and O–H groups in total. The van der Waals surface area contributed by atoms with E-state index in [9.17, 15) is 9.18 Å². The second kappa shape index (κ2) is 6.45. The molecule has 1 aliphatic rings. The highest BCUT2D eigenvalue weighted by Crippen LogP contribution is 2.20. The number of carboxylic acid groups (broad SMARTS) is 1. The van der Waals surface area contributed by atoms with E-state index < -0.39 is 5.97 Å². The van der Waals surface area contributed by atoms with Crippen LogP contribution in [-0.4, -0.2) is 53.6 Å². The number of benzene rings is 1. The molecule has 4 nitrogen and oxygen atoms in total. The van der Waals surface area contributed by atoms with Crippen molar-refractivity contribution in [1.82, 2.24) is 9.80 Å². The average molecular weight is 331 g/mol. The van der Waals surface area contributed by atoms with Crippen molar-refractivity contribution >= 4 is 21.9 Å². The molecule has 104 valence electrons. The number of carbonyl (C=O) groups is 1. The predicted octanol–water partition coefficient (Wildman–Crippen LogP) is 1.79. The minimum atomic E-state index is -0.790. The van der Waals surface area contributed by atoms with Gasteiger partial charge in [-0.2, -0.15) is 0 Å². The zero-order chi connectivity index (χ0) is 13.8. The Morgan fingerprint density at radius 3 is 2.53 bits per heavy atom. The Labute approximate surface area is 119 Å². The Morgan fingerprint density at radius 2 is 1.89 bits per heavy atom. The van der Waals surface area contributed by atoms with E-state index in [0.717, 1.165) is 36.2 Å². The molecule has 0 saturated carbocycles. The molecule has 6 heteroatoms. The molecule has 1 aliphatic heterocycles. The first-order valence-electron chi connectivity index (χ1n) is 6.15. The molecule has 0 aromatic heterocycles. The van der Waals surface area contributed by atoms with Crippen LogP contribution >= 0.6 is 15.9 Å². The minimum absolute atomic E-state index is 0.0947. The average Bonchev–Trinajstić information content (AvgIpc) is 2.35. The molecule has 1 aromatic rings. The van der Waals surface area contributed by atoms with Crippen LogP contribution in [0.4, 0.5) is 4.39 Å². The SMILES string of the molecule is O=C(O)CN1CCN(Cc2cc(F)ccc2Br)CC1. The minimum Gasteiger partial charge on any atom is -0.480 e. The summed E-state index contributed by atoms with van der Waals surface area (Å²) in [6.45, 7) is 3.85. The van der Waals surface area contributed by atoms with Crippen LogP contribution in [0.5, 0.6) is 0 Å². The van der Waals surface area contributed by atoms with Gasteiger partial charge in [0.15, 0.2) is 0 Å². The number of hydrogen-bond acceptors (Lipinski definition) is 3. The molecule has 0 radical (unpaired) electrons. The van der Waals surface area contributed by atoms with E-state index in [2.05, 4.69) is 20.8 Å². The van der Waals surface area contributed by atoms with Crippen molar-refractivity contribution in [2.24, 2.45) is 0 Å². The lowest BCUT2D eigenvalue weighted by Gasteiger charge is -2.33. The lowest BCUT2D eigenvalue weighted by Crippen LogP contribution is -2.47. The second-order valence-electron chi connectivity index (χ2n) is 4.68. The van der Waals surface area contributed by atoms with E-state index in [0.29, 0.717) is 6.54 Å². The molecule has 0 unspecified atom stereocenters. The zero-order valence-electron chi connectivity index (χ0n) is 10.5. The molecule has 0 aliphatic carbocycles. The van der Waals surface area contributed by atoms with Crippen LogP contribution in [0.2, 0.25) is 0 Å². The van der Waals surface area contributed by atoms with Gasteiger partial charge in [0.05, 0.1) is 6.54 Å². The maximum Gasteiger partial charge on any atom is 0.317 e. The number of halogens is 2. The fourth-order valence-electron chi connectivity index (χ4n) is 2.20. The molecule has 1 aromatic carbocycles. The van der Waals surface area contributed by atoms with Crippen LogP contribution in [0.1, 0.15) is 5.56 Å². The van der Waals surface area contributed by atoms with Crippen LogP contribution in [-0.2, 0) is 11.3 Å². The topological polar surface area (TPSA) is 43.8 Å². The van der Waals surface area contributed by atoms with Crippen molar-refractivity contribution < 1.29 is 14.3 Å². The highest BCUT2D eigenvalue weighted by atomic mass is 79.9. The van der Waals surface area contributed by atoms with E-state index in [1.54, 1.807) is 6.07 Å². The summed E-state index contributed by atoms with van der Waals surface area (Å²) in [5.41, 5.74) is 0.923. The van der Waals surface area contributed by atoms with Crippen molar-refractivity contribution in [2.75, 3.05) is 32.7 Å². The van der Waals surface area contributed by atoms with Gasteiger partial charge in [0.2, 0.25) is 0 Å². The molecular formula is C13H16BrFN2O2. The van der Waals surface area contributed by atoms with Crippen LogP contribution in [0.15, 0.2) is 22.7 Å². The number of carboxylic acids is 1. The highest BCUT2D eigenvalue weighted by molar-refractivity contribution is 9.10. The second-order valence-corrected chi connectivity index (χ2v) is 5.54. The summed E-state index contributed by atoms with van der Waals surface area (Å²) >= 11 is 3.42. The summed E-state index contributed by atoms with van der Waals surface area (Å²) in [6, 6.07) is 4.68. The van der Waals surface area contributed by atoms with Gasteiger partial charge in [-0.15, -0.1) is 0 Å². The molecule has 0 amide bonds. The molecule has 1 heterocycles. The molecule has 1 saturated heterocycles. The predicted molar refractivity (Wildman–Crippen MR) is 73.5 cm³/mol. The number of piperazine rings is 1. The first-order valence-corrected chi connectivity index (χ1v) is 6.94. The first kappa shape index (κ1) is 14.4. The largest absolute Gasteiger partial charge is 0.480 e. The third kappa shape index (κ3) is 4.26. The van der Waals surface area contributed by atoms with Gasteiger partial charge < -0.3 is 5.11 Å². The normalized spacial score (nSPS) is 17.6. The Balaban J connectivity index is 1.88. The van der Waals surface area contributed by atoms with E-state index in [1.807, 2.05) is 4.90 Å². The molecule has 19 heavy (non-hydrogen) atoms. The summed E-state index contributed by atoms with van der Waals surface area (Å²) in [6.07, 6.45) is 0. The van der Waals surface area contributed by atoms with Crippen LogP contribution < -0.4 is 0 Å². The Morgan fingerprint density at radius 1 is 1.26 bits per heavy atom. The van der Waals surface area contributed by atoms with Gasteiger partial charge in [-0.25, -0.2) is 4.39 Å². The molecule has 0 bridgehead atoms. The van der Waals surface area contributed by atoms with E-state index in [-0.39, 0.29) is 12.4 Å². The number of nitrogens with zero attached hydrogens (tertiary/aromatic N) is 2. The van der Waals surface area contributed by atoms with Crippen molar-refractivity contribution in [3.63, 3.8) is 0 Å².